The summed E-state index contributed by atoms with van der Waals surface area (Å²) in [7, 11) is 0. The average Bonchev–Trinajstić information content (AvgIpc) is 3.14. The van der Waals surface area contributed by atoms with E-state index in [1.54, 1.807) is 24.3 Å². The summed E-state index contributed by atoms with van der Waals surface area (Å²) < 4.78 is 7.81. The Morgan fingerprint density at radius 3 is 2.48 bits per heavy atom. The van der Waals surface area contributed by atoms with Crippen LogP contribution in [0.15, 0.2) is 48.8 Å². The van der Waals surface area contributed by atoms with Crippen LogP contribution in [-0.4, -0.2) is 44.7 Å². The van der Waals surface area contributed by atoms with Gasteiger partial charge in [-0.15, -0.1) is 0 Å². The molecule has 0 atom stereocenters. The minimum atomic E-state index is -0.335. The van der Waals surface area contributed by atoms with Gasteiger partial charge in [0.15, 0.2) is 0 Å². The molecule has 0 aliphatic carbocycles. The molecule has 3 rings (SSSR count). The van der Waals surface area contributed by atoms with E-state index in [2.05, 4.69) is 10.3 Å². The lowest BCUT2D eigenvalue weighted by atomic mass is 10.1. The van der Waals surface area contributed by atoms with Gasteiger partial charge in [0, 0.05) is 30.0 Å². The second kappa shape index (κ2) is 9.20. The molecule has 31 heavy (non-hydrogen) atoms. The fourth-order valence-electron chi connectivity index (χ4n) is 3.27. The number of likely N-dealkylation sites (N-methyl/N-ethyl adjacent to an activating group) is 1. The van der Waals surface area contributed by atoms with E-state index in [0.29, 0.717) is 24.5 Å². The maximum Gasteiger partial charge on any atom is 0.254 e. The van der Waals surface area contributed by atoms with Crippen molar-refractivity contribution in [2.75, 3.05) is 13.1 Å². The summed E-state index contributed by atoms with van der Waals surface area (Å²) in [5.74, 6) is 0.290. The van der Waals surface area contributed by atoms with E-state index in [-0.39, 0.29) is 23.9 Å². The number of amides is 2. The van der Waals surface area contributed by atoms with E-state index >= 15 is 0 Å². The molecular weight excluding hydrogens is 392 g/mol. The first-order valence-electron chi connectivity index (χ1n) is 10.4. The maximum atomic E-state index is 12.8. The molecule has 0 aliphatic rings. The van der Waals surface area contributed by atoms with Gasteiger partial charge in [-0.2, -0.15) is 0 Å². The first-order valence-corrected chi connectivity index (χ1v) is 10.4. The zero-order valence-electron chi connectivity index (χ0n) is 18.8. The molecular formula is C24H30N4O3. The summed E-state index contributed by atoms with van der Waals surface area (Å²) in [5, 5.41) is 2.88. The number of hydrogen-bond donors (Lipinski definition) is 1. The summed E-state index contributed by atoms with van der Waals surface area (Å²) in [4.78, 5) is 31.1. The normalized spacial score (nSPS) is 11.4. The highest BCUT2D eigenvalue weighted by Gasteiger charge is 2.20. The van der Waals surface area contributed by atoms with Crippen LogP contribution in [0.2, 0.25) is 0 Å². The molecule has 2 amide bonds. The lowest BCUT2D eigenvalue weighted by molar-refractivity contribution is -0.123. The third-order valence-electron chi connectivity index (χ3n) is 4.73. The zero-order valence-corrected chi connectivity index (χ0v) is 18.8. The number of ether oxygens (including phenoxy) is 1. The van der Waals surface area contributed by atoms with E-state index in [1.807, 2.05) is 63.5 Å². The third-order valence-corrected chi connectivity index (χ3v) is 4.73. The quantitative estimate of drug-likeness (QED) is 0.631. The van der Waals surface area contributed by atoms with Gasteiger partial charge in [-0.3, -0.25) is 9.59 Å². The standard InChI is InChI=1S/C24H30N4O3/c1-6-27(15-21(29)26-24(3,4)5)23(30)18-9-11-20(12-10-18)31-16-19-14-28-13-7-8-17(2)22(28)25-19/h7-14H,6,15-16H2,1-5H3,(H,26,29). The van der Waals surface area contributed by atoms with Crippen molar-refractivity contribution >= 4 is 17.5 Å². The van der Waals surface area contributed by atoms with E-state index in [1.165, 1.54) is 4.90 Å². The Bertz CT molecular complexity index is 1060. The van der Waals surface area contributed by atoms with Crippen molar-refractivity contribution in [3.63, 3.8) is 0 Å². The van der Waals surface area contributed by atoms with Crippen molar-refractivity contribution in [3.05, 3.63) is 65.6 Å². The topological polar surface area (TPSA) is 75.9 Å². The number of aryl methyl sites for hydroxylation is 1. The van der Waals surface area contributed by atoms with Crippen LogP contribution in [0.1, 0.15) is 49.3 Å². The van der Waals surface area contributed by atoms with E-state index in [0.717, 1.165) is 16.9 Å². The first kappa shape index (κ1) is 22.3. The van der Waals surface area contributed by atoms with Gasteiger partial charge in [-0.25, -0.2) is 4.98 Å². The Morgan fingerprint density at radius 1 is 1.16 bits per heavy atom. The maximum absolute atomic E-state index is 12.8. The lowest BCUT2D eigenvalue weighted by Gasteiger charge is -2.25. The van der Waals surface area contributed by atoms with Crippen LogP contribution >= 0.6 is 0 Å². The molecule has 2 aromatic heterocycles. The van der Waals surface area contributed by atoms with Gasteiger partial charge in [0.05, 0.1) is 12.2 Å². The monoisotopic (exact) mass is 422 g/mol. The molecule has 1 N–H and O–H groups in total. The number of nitrogens with one attached hydrogen (secondary N) is 1. The van der Waals surface area contributed by atoms with Crippen LogP contribution < -0.4 is 10.1 Å². The molecule has 164 valence electrons. The molecule has 0 unspecified atom stereocenters. The van der Waals surface area contributed by atoms with Gasteiger partial charge in [-0.1, -0.05) is 6.07 Å². The Balaban J connectivity index is 1.61. The number of nitrogens with zero attached hydrogens (tertiary/aromatic N) is 3. The van der Waals surface area contributed by atoms with Crippen molar-refractivity contribution in [3.8, 4) is 5.75 Å². The molecule has 0 aliphatic heterocycles. The fourth-order valence-corrected chi connectivity index (χ4v) is 3.27. The van der Waals surface area contributed by atoms with Crippen molar-refractivity contribution in [2.45, 2.75) is 46.8 Å². The molecule has 1 aromatic carbocycles. The van der Waals surface area contributed by atoms with Crippen LogP contribution in [0.4, 0.5) is 0 Å². The second-order valence-corrected chi connectivity index (χ2v) is 8.58. The number of carbonyl (C=O) groups excluding carboxylic acids is 2. The largest absolute Gasteiger partial charge is 0.487 e. The summed E-state index contributed by atoms with van der Waals surface area (Å²) in [5.41, 5.74) is 3.03. The molecule has 0 saturated carbocycles. The fraction of sp³-hybridized carbons (Fsp3) is 0.375. The number of hydrogen-bond acceptors (Lipinski definition) is 4. The minimum Gasteiger partial charge on any atom is -0.487 e. The second-order valence-electron chi connectivity index (χ2n) is 8.58. The molecule has 0 saturated heterocycles. The zero-order chi connectivity index (χ0) is 22.6. The highest BCUT2D eigenvalue weighted by atomic mass is 16.5. The molecule has 2 heterocycles. The Labute approximate surface area is 183 Å². The average molecular weight is 423 g/mol. The predicted molar refractivity (Wildman–Crippen MR) is 120 cm³/mol. The number of fused-ring (bicyclic) bond motifs is 1. The number of pyridine rings is 1. The van der Waals surface area contributed by atoms with Gasteiger partial charge in [0.25, 0.3) is 5.91 Å². The third kappa shape index (κ3) is 5.84. The van der Waals surface area contributed by atoms with Crippen molar-refractivity contribution in [2.24, 2.45) is 0 Å². The molecule has 0 bridgehead atoms. The number of carbonyl (C=O) groups is 2. The minimum absolute atomic E-state index is 0.0259. The number of imidazole rings is 1. The summed E-state index contributed by atoms with van der Waals surface area (Å²) >= 11 is 0. The molecule has 0 fully saturated rings. The van der Waals surface area contributed by atoms with Gasteiger partial charge in [-0.05, 0) is 70.5 Å². The number of rotatable bonds is 7. The lowest BCUT2D eigenvalue weighted by Crippen LogP contribution is -2.47. The van der Waals surface area contributed by atoms with Crippen LogP contribution in [0, 0.1) is 6.92 Å². The van der Waals surface area contributed by atoms with E-state index < -0.39 is 0 Å². The van der Waals surface area contributed by atoms with Gasteiger partial charge in [0.2, 0.25) is 5.91 Å². The Hall–Kier alpha value is -3.35. The smallest absolute Gasteiger partial charge is 0.254 e. The molecule has 7 nitrogen and oxygen atoms in total. The summed E-state index contributed by atoms with van der Waals surface area (Å²) in [6.07, 6.45) is 3.91. The van der Waals surface area contributed by atoms with Crippen molar-refractivity contribution in [1.82, 2.24) is 19.6 Å². The predicted octanol–water partition coefficient (Wildman–Crippen LogP) is 3.60. The van der Waals surface area contributed by atoms with E-state index in [4.69, 9.17) is 4.74 Å². The summed E-state index contributed by atoms with van der Waals surface area (Å²) in [6.45, 7) is 10.4. The Morgan fingerprint density at radius 2 is 1.87 bits per heavy atom. The van der Waals surface area contributed by atoms with Gasteiger partial charge in [0.1, 0.15) is 18.0 Å². The number of benzene rings is 1. The highest BCUT2D eigenvalue weighted by molar-refractivity contribution is 5.96. The molecule has 7 heteroatoms. The highest BCUT2D eigenvalue weighted by Crippen LogP contribution is 2.17. The molecule has 3 aromatic rings. The van der Waals surface area contributed by atoms with Crippen LogP contribution in [-0.2, 0) is 11.4 Å². The molecule has 0 spiro atoms. The molecule has 0 radical (unpaired) electrons. The van der Waals surface area contributed by atoms with Crippen LogP contribution in [0.5, 0.6) is 5.75 Å². The van der Waals surface area contributed by atoms with Crippen molar-refractivity contribution < 1.29 is 14.3 Å². The van der Waals surface area contributed by atoms with Gasteiger partial charge < -0.3 is 19.4 Å². The van der Waals surface area contributed by atoms with Gasteiger partial charge >= 0.3 is 0 Å². The number of aromatic nitrogens is 2. The summed E-state index contributed by atoms with van der Waals surface area (Å²) in [6, 6.07) is 11.0. The van der Waals surface area contributed by atoms with Crippen LogP contribution in [0.25, 0.3) is 5.65 Å². The van der Waals surface area contributed by atoms with E-state index in [9.17, 15) is 9.59 Å². The first-order chi connectivity index (χ1) is 14.7. The Kier molecular flexibility index (Phi) is 6.63. The SMILES string of the molecule is CCN(CC(=O)NC(C)(C)C)C(=O)c1ccc(OCc2cn3cccc(C)c3n2)cc1. The van der Waals surface area contributed by atoms with Crippen LogP contribution in [0.3, 0.4) is 0 Å². The van der Waals surface area contributed by atoms with Crippen molar-refractivity contribution in [1.29, 1.82) is 0 Å².